The van der Waals surface area contributed by atoms with Gasteiger partial charge in [0.25, 0.3) is 0 Å². The number of carbonyl (C=O) groups excluding carboxylic acids is 1. The number of hydrogen-bond acceptors (Lipinski definition) is 3. The summed E-state index contributed by atoms with van der Waals surface area (Å²) in [4.78, 5) is 14.9. The number of amides is 1. The molecule has 0 bridgehead atoms. The number of rotatable bonds is 1. The zero-order chi connectivity index (χ0) is 9.97. The molecule has 1 amide bonds. The summed E-state index contributed by atoms with van der Waals surface area (Å²) >= 11 is 0. The zero-order valence-electron chi connectivity index (χ0n) is 7.40. The number of primary amides is 1. The lowest BCUT2D eigenvalue weighted by Gasteiger charge is -2.01. The molecule has 4 heteroatoms. The number of aromatic nitrogens is 1. The third kappa shape index (κ3) is 1.50. The van der Waals surface area contributed by atoms with Gasteiger partial charge in [-0.05, 0) is 12.1 Å². The molecule has 0 unspecified atom stereocenters. The van der Waals surface area contributed by atoms with Crippen LogP contribution in [0.4, 0.5) is 5.69 Å². The monoisotopic (exact) mass is 187 g/mol. The molecule has 14 heavy (non-hydrogen) atoms. The van der Waals surface area contributed by atoms with Crippen molar-refractivity contribution in [2.45, 2.75) is 0 Å². The SMILES string of the molecule is NC(=O)C1=CNc2ccncc2C=C1. The highest BCUT2D eigenvalue weighted by atomic mass is 16.1. The lowest BCUT2D eigenvalue weighted by atomic mass is 10.2. The van der Waals surface area contributed by atoms with Gasteiger partial charge in [0.15, 0.2) is 0 Å². The van der Waals surface area contributed by atoms with Crippen molar-refractivity contribution in [2.75, 3.05) is 5.32 Å². The zero-order valence-corrected chi connectivity index (χ0v) is 7.40. The third-order valence-corrected chi connectivity index (χ3v) is 1.96. The van der Waals surface area contributed by atoms with Gasteiger partial charge in [-0.3, -0.25) is 9.78 Å². The Bertz CT molecular complexity index is 435. The molecule has 0 radical (unpaired) electrons. The highest BCUT2D eigenvalue weighted by molar-refractivity contribution is 5.97. The molecule has 0 aliphatic carbocycles. The van der Waals surface area contributed by atoms with Gasteiger partial charge in [0.05, 0.1) is 5.57 Å². The smallest absolute Gasteiger partial charge is 0.250 e. The molecule has 1 aliphatic rings. The molecule has 0 saturated heterocycles. The number of nitrogens with zero attached hydrogens (tertiary/aromatic N) is 1. The Balaban J connectivity index is 2.41. The first-order valence-corrected chi connectivity index (χ1v) is 4.16. The van der Waals surface area contributed by atoms with Crippen LogP contribution < -0.4 is 11.1 Å². The van der Waals surface area contributed by atoms with Crippen molar-refractivity contribution in [1.29, 1.82) is 0 Å². The third-order valence-electron chi connectivity index (χ3n) is 1.96. The number of nitrogens with one attached hydrogen (secondary N) is 1. The summed E-state index contributed by atoms with van der Waals surface area (Å²) in [6.45, 7) is 0. The summed E-state index contributed by atoms with van der Waals surface area (Å²) in [6, 6.07) is 1.83. The summed E-state index contributed by atoms with van der Waals surface area (Å²) in [6.07, 6.45) is 8.46. The Hall–Kier alpha value is -2.10. The number of carbonyl (C=O) groups is 1. The van der Waals surface area contributed by atoms with Crippen molar-refractivity contribution >= 4 is 17.7 Å². The maximum absolute atomic E-state index is 10.9. The van der Waals surface area contributed by atoms with Crippen LogP contribution in [-0.4, -0.2) is 10.9 Å². The van der Waals surface area contributed by atoms with E-state index in [4.69, 9.17) is 5.73 Å². The van der Waals surface area contributed by atoms with Crippen LogP contribution in [0.1, 0.15) is 5.56 Å². The molecular weight excluding hydrogens is 178 g/mol. The number of hydrogen-bond donors (Lipinski definition) is 2. The molecule has 2 rings (SSSR count). The van der Waals surface area contributed by atoms with Crippen molar-refractivity contribution in [2.24, 2.45) is 5.73 Å². The largest absolute Gasteiger partial charge is 0.366 e. The molecule has 1 aliphatic heterocycles. The first-order valence-electron chi connectivity index (χ1n) is 4.16. The normalized spacial score (nSPS) is 13.6. The van der Waals surface area contributed by atoms with E-state index in [2.05, 4.69) is 10.3 Å². The van der Waals surface area contributed by atoms with Gasteiger partial charge in [0.2, 0.25) is 5.91 Å². The summed E-state index contributed by atoms with van der Waals surface area (Å²) in [5, 5.41) is 2.99. The predicted octanol–water partition coefficient (Wildman–Crippen LogP) is 0.889. The Morgan fingerprint density at radius 1 is 1.43 bits per heavy atom. The quantitative estimate of drug-likeness (QED) is 0.686. The Labute approximate surface area is 81.1 Å². The van der Waals surface area contributed by atoms with E-state index in [-0.39, 0.29) is 0 Å². The summed E-state index contributed by atoms with van der Waals surface area (Å²) in [5.41, 5.74) is 7.44. The van der Waals surface area contributed by atoms with Crippen molar-refractivity contribution in [3.63, 3.8) is 0 Å². The van der Waals surface area contributed by atoms with Crippen LogP contribution in [0, 0.1) is 0 Å². The van der Waals surface area contributed by atoms with Gasteiger partial charge in [0, 0.05) is 29.8 Å². The average molecular weight is 187 g/mol. The van der Waals surface area contributed by atoms with E-state index in [1.165, 1.54) is 0 Å². The topological polar surface area (TPSA) is 68.0 Å². The number of pyridine rings is 1. The van der Waals surface area contributed by atoms with Gasteiger partial charge in [-0.15, -0.1) is 0 Å². The van der Waals surface area contributed by atoms with Gasteiger partial charge in [0.1, 0.15) is 0 Å². The highest BCUT2D eigenvalue weighted by Gasteiger charge is 2.05. The molecule has 70 valence electrons. The van der Waals surface area contributed by atoms with Gasteiger partial charge in [-0.25, -0.2) is 0 Å². The summed E-state index contributed by atoms with van der Waals surface area (Å²) in [7, 11) is 0. The first-order chi connectivity index (χ1) is 6.77. The second kappa shape index (κ2) is 3.33. The molecule has 1 aromatic heterocycles. The molecule has 0 spiro atoms. The molecule has 1 aromatic rings. The predicted molar refractivity (Wildman–Crippen MR) is 54.2 cm³/mol. The molecule has 2 heterocycles. The van der Waals surface area contributed by atoms with E-state index < -0.39 is 5.91 Å². The number of nitrogens with two attached hydrogens (primary N) is 1. The van der Waals surface area contributed by atoms with E-state index in [0.29, 0.717) is 5.57 Å². The first kappa shape index (κ1) is 8.50. The molecule has 0 aromatic carbocycles. The number of fused-ring (bicyclic) bond motifs is 1. The Morgan fingerprint density at radius 3 is 3.07 bits per heavy atom. The molecule has 0 fully saturated rings. The Morgan fingerprint density at radius 2 is 2.29 bits per heavy atom. The summed E-state index contributed by atoms with van der Waals surface area (Å²) < 4.78 is 0. The van der Waals surface area contributed by atoms with Crippen molar-refractivity contribution in [3.05, 3.63) is 41.9 Å². The van der Waals surface area contributed by atoms with Gasteiger partial charge in [-0.2, -0.15) is 0 Å². The molecule has 0 saturated carbocycles. The minimum atomic E-state index is -0.450. The van der Waals surface area contributed by atoms with Crippen molar-refractivity contribution in [1.82, 2.24) is 4.98 Å². The standard InChI is InChI=1S/C10H9N3O/c11-10(14)8-2-1-7-5-12-4-3-9(7)13-6-8/h1-6,13H,(H2,11,14). The van der Waals surface area contributed by atoms with Crippen LogP contribution in [0.15, 0.2) is 36.3 Å². The van der Waals surface area contributed by atoms with E-state index in [1.54, 1.807) is 30.7 Å². The van der Waals surface area contributed by atoms with Crippen molar-refractivity contribution < 1.29 is 4.79 Å². The van der Waals surface area contributed by atoms with E-state index >= 15 is 0 Å². The second-order valence-electron chi connectivity index (χ2n) is 2.90. The van der Waals surface area contributed by atoms with Crippen LogP contribution in [0.25, 0.3) is 6.08 Å². The van der Waals surface area contributed by atoms with Gasteiger partial charge < -0.3 is 11.1 Å². The minimum Gasteiger partial charge on any atom is -0.366 e. The maximum atomic E-state index is 10.9. The average Bonchev–Trinajstić information content (AvgIpc) is 2.39. The van der Waals surface area contributed by atoms with Crippen LogP contribution in [0.5, 0.6) is 0 Å². The van der Waals surface area contributed by atoms with Gasteiger partial charge in [-0.1, -0.05) is 6.08 Å². The van der Waals surface area contributed by atoms with E-state index in [0.717, 1.165) is 11.3 Å². The lowest BCUT2D eigenvalue weighted by Crippen LogP contribution is -2.13. The maximum Gasteiger partial charge on any atom is 0.250 e. The fraction of sp³-hybridized carbons (Fsp3) is 0. The van der Waals surface area contributed by atoms with Crippen molar-refractivity contribution in [3.8, 4) is 0 Å². The molecular formula is C10H9N3O. The molecule has 4 nitrogen and oxygen atoms in total. The van der Waals surface area contributed by atoms with Crippen LogP contribution in [0.2, 0.25) is 0 Å². The van der Waals surface area contributed by atoms with Crippen LogP contribution in [0.3, 0.4) is 0 Å². The second-order valence-corrected chi connectivity index (χ2v) is 2.90. The Kier molecular flexibility index (Phi) is 2.02. The van der Waals surface area contributed by atoms with E-state index in [1.807, 2.05) is 6.07 Å². The number of anilines is 1. The lowest BCUT2D eigenvalue weighted by molar-refractivity contribution is -0.114. The minimum absolute atomic E-state index is 0.446. The summed E-state index contributed by atoms with van der Waals surface area (Å²) in [5.74, 6) is -0.450. The highest BCUT2D eigenvalue weighted by Crippen LogP contribution is 2.19. The van der Waals surface area contributed by atoms with E-state index in [9.17, 15) is 4.79 Å². The van der Waals surface area contributed by atoms with Crippen LogP contribution >= 0.6 is 0 Å². The fourth-order valence-corrected chi connectivity index (χ4v) is 1.21. The molecule has 0 atom stereocenters. The fourth-order valence-electron chi connectivity index (χ4n) is 1.21. The van der Waals surface area contributed by atoms with Gasteiger partial charge >= 0.3 is 0 Å². The molecule has 3 N–H and O–H groups in total. The van der Waals surface area contributed by atoms with Crippen LogP contribution in [-0.2, 0) is 4.79 Å².